The Morgan fingerprint density at radius 1 is 1.50 bits per heavy atom. The summed E-state index contributed by atoms with van der Waals surface area (Å²) in [5.41, 5.74) is -0.966. The van der Waals surface area contributed by atoms with Crippen LogP contribution in [0.15, 0.2) is 0 Å². The second kappa shape index (κ2) is 3.59. The third-order valence-electron chi connectivity index (χ3n) is 3.23. The molecule has 0 spiro atoms. The maximum atomic E-state index is 11.3. The minimum absolute atomic E-state index is 0.138. The molecular weight excluding hydrogens is 182 g/mol. The Kier molecular flexibility index (Phi) is 2.83. The molecule has 0 radical (unpaired) electrons. The molecule has 4 heteroatoms. The third kappa shape index (κ3) is 1.49. The largest absolute Gasteiger partial charge is 0.479 e. The first-order valence-electron chi connectivity index (χ1n) is 4.94. The number of carboxylic acid groups (broad SMARTS) is 1. The number of hydrogen-bond donors (Lipinski definition) is 1. The van der Waals surface area contributed by atoms with Crippen molar-refractivity contribution in [3.63, 3.8) is 0 Å². The van der Waals surface area contributed by atoms with Gasteiger partial charge in [0.05, 0.1) is 0 Å². The first kappa shape index (κ1) is 11.0. The number of likely N-dealkylation sites (N-methyl/N-ethyl adjacent to an activating group) is 1. The van der Waals surface area contributed by atoms with Gasteiger partial charge >= 0.3 is 5.97 Å². The summed E-state index contributed by atoms with van der Waals surface area (Å²) in [4.78, 5) is 23.9. The van der Waals surface area contributed by atoms with Gasteiger partial charge in [0, 0.05) is 14.0 Å². The van der Waals surface area contributed by atoms with Crippen LogP contribution in [0.25, 0.3) is 0 Å². The fourth-order valence-electron chi connectivity index (χ4n) is 2.11. The Balaban J connectivity index is 2.99. The maximum absolute atomic E-state index is 11.3. The molecule has 1 fully saturated rings. The van der Waals surface area contributed by atoms with Crippen molar-refractivity contribution in [2.24, 2.45) is 5.92 Å². The lowest BCUT2D eigenvalue weighted by Crippen LogP contribution is -2.56. The molecule has 14 heavy (non-hydrogen) atoms. The number of hydrogen-bond acceptors (Lipinski definition) is 2. The van der Waals surface area contributed by atoms with E-state index in [1.54, 1.807) is 7.05 Å². The summed E-state index contributed by atoms with van der Waals surface area (Å²) in [6.45, 7) is 3.24. The first-order chi connectivity index (χ1) is 6.46. The lowest BCUT2D eigenvalue weighted by atomic mass is 9.88. The number of amides is 1. The molecule has 1 aliphatic rings. The Morgan fingerprint density at radius 2 is 2.00 bits per heavy atom. The molecule has 1 unspecified atom stereocenters. The normalized spacial score (nSPS) is 19.9. The Hall–Kier alpha value is -1.06. The highest BCUT2D eigenvalue weighted by Crippen LogP contribution is 2.44. The van der Waals surface area contributed by atoms with Crippen LogP contribution in [0.2, 0.25) is 0 Å². The zero-order valence-corrected chi connectivity index (χ0v) is 8.91. The molecule has 0 aromatic rings. The number of nitrogens with zero attached hydrogens (tertiary/aromatic N) is 1. The van der Waals surface area contributed by atoms with Gasteiger partial charge in [0.25, 0.3) is 0 Å². The smallest absolute Gasteiger partial charge is 0.329 e. The molecule has 4 nitrogen and oxygen atoms in total. The molecule has 0 aromatic carbocycles. The molecule has 1 N–H and O–H groups in total. The van der Waals surface area contributed by atoms with Crippen molar-refractivity contribution < 1.29 is 14.7 Å². The summed E-state index contributed by atoms with van der Waals surface area (Å²) < 4.78 is 0. The van der Waals surface area contributed by atoms with Crippen molar-refractivity contribution in [2.75, 3.05) is 7.05 Å². The van der Waals surface area contributed by atoms with Crippen LogP contribution in [0.1, 0.15) is 33.1 Å². The molecule has 1 atom stereocenters. The van der Waals surface area contributed by atoms with E-state index in [1.165, 1.54) is 11.8 Å². The minimum atomic E-state index is -0.966. The van der Waals surface area contributed by atoms with E-state index >= 15 is 0 Å². The molecule has 1 saturated carbocycles. The van der Waals surface area contributed by atoms with Crippen LogP contribution in [-0.4, -0.2) is 34.5 Å². The van der Waals surface area contributed by atoms with E-state index in [-0.39, 0.29) is 11.8 Å². The van der Waals surface area contributed by atoms with Gasteiger partial charge in [-0.1, -0.05) is 6.92 Å². The van der Waals surface area contributed by atoms with Crippen LogP contribution in [-0.2, 0) is 9.59 Å². The number of carbonyl (C=O) groups is 2. The van der Waals surface area contributed by atoms with Gasteiger partial charge in [0.15, 0.2) is 0 Å². The van der Waals surface area contributed by atoms with E-state index in [9.17, 15) is 14.7 Å². The summed E-state index contributed by atoms with van der Waals surface area (Å²) in [5, 5.41) is 9.26. The van der Waals surface area contributed by atoms with Crippen molar-refractivity contribution in [1.29, 1.82) is 0 Å². The van der Waals surface area contributed by atoms with Crippen LogP contribution < -0.4 is 0 Å². The molecule has 0 aliphatic heterocycles. The summed E-state index contributed by atoms with van der Waals surface area (Å²) in [6.07, 6.45) is 2.30. The van der Waals surface area contributed by atoms with Crippen LogP contribution >= 0.6 is 0 Å². The van der Waals surface area contributed by atoms with Gasteiger partial charge in [-0.2, -0.15) is 0 Å². The molecule has 1 aliphatic carbocycles. The molecular formula is C10H17NO3. The van der Waals surface area contributed by atoms with Crippen molar-refractivity contribution in [3.8, 4) is 0 Å². The summed E-state index contributed by atoms with van der Waals surface area (Å²) in [7, 11) is 1.58. The van der Waals surface area contributed by atoms with Gasteiger partial charge in [-0.15, -0.1) is 0 Å². The van der Waals surface area contributed by atoms with Gasteiger partial charge in [0.1, 0.15) is 5.54 Å². The predicted molar refractivity (Wildman–Crippen MR) is 51.8 cm³/mol. The zero-order valence-electron chi connectivity index (χ0n) is 8.91. The Bertz CT molecular complexity index is 260. The van der Waals surface area contributed by atoms with Crippen LogP contribution in [0.4, 0.5) is 0 Å². The van der Waals surface area contributed by atoms with Crippen molar-refractivity contribution in [2.45, 2.75) is 38.6 Å². The number of carbonyl (C=O) groups excluding carboxylic acids is 1. The lowest BCUT2D eigenvalue weighted by molar-refractivity contribution is -0.159. The standard InChI is InChI=1S/C10H17NO3/c1-4-10(9(13)14,8-5-6-8)11(3)7(2)12/h8H,4-6H2,1-3H3,(H,13,14). The summed E-state index contributed by atoms with van der Waals surface area (Å²) in [6, 6.07) is 0. The van der Waals surface area contributed by atoms with Crippen molar-refractivity contribution in [1.82, 2.24) is 4.90 Å². The third-order valence-corrected chi connectivity index (χ3v) is 3.23. The average molecular weight is 199 g/mol. The van der Waals surface area contributed by atoms with Gasteiger partial charge < -0.3 is 10.0 Å². The fourth-order valence-corrected chi connectivity index (χ4v) is 2.11. The maximum Gasteiger partial charge on any atom is 0.329 e. The van der Waals surface area contributed by atoms with E-state index in [0.717, 1.165) is 12.8 Å². The quantitative estimate of drug-likeness (QED) is 0.737. The minimum Gasteiger partial charge on any atom is -0.479 e. The van der Waals surface area contributed by atoms with Crippen molar-refractivity contribution >= 4 is 11.9 Å². The molecule has 0 heterocycles. The molecule has 80 valence electrons. The molecule has 0 bridgehead atoms. The van der Waals surface area contributed by atoms with Gasteiger partial charge in [-0.25, -0.2) is 4.79 Å². The Morgan fingerprint density at radius 3 is 2.21 bits per heavy atom. The van der Waals surface area contributed by atoms with E-state index < -0.39 is 11.5 Å². The predicted octanol–water partition coefficient (Wildman–Crippen LogP) is 1.11. The first-order valence-corrected chi connectivity index (χ1v) is 4.94. The molecule has 0 saturated heterocycles. The van der Waals surface area contributed by atoms with Crippen LogP contribution in [0.3, 0.4) is 0 Å². The van der Waals surface area contributed by atoms with Gasteiger partial charge in [0.2, 0.25) is 5.91 Å². The molecule has 1 amide bonds. The monoisotopic (exact) mass is 199 g/mol. The van der Waals surface area contributed by atoms with Crippen LogP contribution in [0, 0.1) is 5.92 Å². The highest BCUT2D eigenvalue weighted by molar-refractivity contribution is 5.86. The van der Waals surface area contributed by atoms with E-state index in [2.05, 4.69) is 0 Å². The Labute approximate surface area is 83.9 Å². The van der Waals surface area contributed by atoms with E-state index in [1.807, 2.05) is 6.92 Å². The lowest BCUT2D eigenvalue weighted by Gasteiger charge is -2.37. The topological polar surface area (TPSA) is 57.6 Å². The second-order valence-corrected chi connectivity index (χ2v) is 3.94. The second-order valence-electron chi connectivity index (χ2n) is 3.94. The van der Waals surface area contributed by atoms with E-state index in [0.29, 0.717) is 6.42 Å². The highest BCUT2D eigenvalue weighted by Gasteiger charge is 2.53. The van der Waals surface area contributed by atoms with Crippen LogP contribution in [0.5, 0.6) is 0 Å². The number of aliphatic carboxylic acids is 1. The number of carboxylic acids is 1. The average Bonchev–Trinajstić information content (AvgIpc) is 2.89. The highest BCUT2D eigenvalue weighted by atomic mass is 16.4. The summed E-state index contributed by atoms with van der Waals surface area (Å²) >= 11 is 0. The fraction of sp³-hybridized carbons (Fsp3) is 0.800. The van der Waals surface area contributed by atoms with Gasteiger partial charge in [-0.3, -0.25) is 4.79 Å². The van der Waals surface area contributed by atoms with E-state index in [4.69, 9.17) is 0 Å². The number of rotatable bonds is 4. The molecule has 1 rings (SSSR count). The zero-order chi connectivity index (χ0) is 10.9. The molecule has 0 aromatic heterocycles. The SMILES string of the molecule is CCC(C(=O)O)(C1CC1)N(C)C(C)=O. The van der Waals surface area contributed by atoms with Gasteiger partial charge in [-0.05, 0) is 25.2 Å². The van der Waals surface area contributed by atoms with Crippen molar-refractivity contribution in [3.05, 3.63) is 0 Å². The summed E-state index contributed by atoms with van der Waals surface area (Å²) in [5.74, 6) is -0.916.